The quantitative estimate of drug-likeness (QED) is 0.552. The van der Waals surface area contributed by atoms with Crippen LogP contribution < -0.4 is 20.7 Å². The minimum absolute atomic E-state index is 0.00157. The van der Waals surface area contributed by atoms with Gasteiger partial charge in [-0.05, 0) is 25.3 Å². The van der Waals surface area contributed by atoms with E-state index in [1.165, 1.54) is 19.4 Å². The zero-order valence-corrected chi connectivity index (χ0v) is 16.7. The van der Waals surface area contributed by atoms with E-state index in [-0.39, 0.29) is 28.9 Å². The van der Waals surface area contributed by atoms with E-state index in [0.29, 0.717) is 17.9 Å². The van der Waals surface area contributed by atoms with Crippen LogP contribution in [0.1, 0.15) is 39.9 Å². The number of ether oxygens (including phenoxy) is 1. The second-order valence-corrected chi connectivity index (χ2v) is 7.02. The molecule has 0 atom stereocenters. The number of pyridine rings is 2. The van der Waals surface area contributed by atoms with Crippen LogP contribution in [-0.4, -0.2) is 40.3 Å². The van der Waals surface area contributed by atoms with Gasteiger partial charge < -0.3 is 25.1 Å². The largest absolute Gasteiger partial charge is 0.492 e. The van der Waals surface area contributed by atoms with Gasteiger partial charge in [0.25, 0.3) is 5.91 Å². The van der Waals surface area contributed by atoms with Crippen LogP contribution in [0.4, 0.5) is 17.2 Å². The molecule has 3 aromatic heterocycles. The van der Waals surface area contributed by atoms with Gasteiger partial charge in [-0.25, -0.2) is 9.97 Å². The van der Waals surface area contributed by atoms with E-state index in [2.05, 4.69) is 20.6 Å². The van der Waals surface area contributed by atoms with Gasteiger partial charge in [0.1, 0.15) is 11.3 Å². The molecule has 0 unspecified atom stereocenters. The van der Waals surface area contributed by atoms with E-state index >= 15 is 0 Å². The van der Waals surface area contributed by atoms with Crippen molar-refractivity contribution in [3.63, 3.8) is 0 Å². The first-order chi connectivity index (χ1) is 15.7. The molecule has 1 aliphatic carbocycles. The molecule has 0 spiro atoms. The van der Waals surface area contributed by atoms with Gasteiger partial charge in [0, 0.05) is 35.5 Å². The number of rotatable bonds is 7. The van der Waals surface area contributed by atoms with Crippen molar-refractivity contribution in [1.82, 2.24) is 19.7 Å². The summed E-state index contributed by atoms with van der Waals surface area (Å²) in [5.74, 6) is -0.242. The second-order valence-electron chi connectivity index (χ2n) is 7.02. The third-order valence-electron chi connectivity index (χ3n) is 5.00. The van der Waals surface area contributed by atoms with E-state index < -0.39 is 12.9 Å². The Kier molecular flexibility index (Phi) is 4.33. The normalized spacial score (nSPS) is 15.1. The average Bonchev–Trinajstić information content (AvgIpc) is 3.52. The molecule has 0 aliphatic heterocycles. The number of nitrogens with one attached hydrogen (secondary N) is 3. The molecule has 2 amide bonds. The smallest absolute Gasteiger partial charge is 0.254 e. The van der Waals surface area contributed by atoms with Crippen LogP contribution in [0.2, 0.25) is 0 Å². The van der Waals surface area contributed by atoms with Gasteiger partial charge in [-0.3, -0.25) is 9.59 Å². The molecule has 0 saturated heterocycles. The molecular formula is C21H24N6O3. The van der Waals surface area contributed by atoms with Crippen molar-refractivity contribution >= 4 is 34.5 Å². The molecule has 30 heavy (non-hydrogen) atoms. The summed E-state index contributed by atoms with van der Waals surface area (Å²) in [5.41, 5.74) is 2.41. The lowest BCUT2D eigenvalue weighted by Crippen LogP contribution is -2.20. The molecule has 0 aromatic carbocycles. The first-order valence-electron chi connectivity index (χ1n) is 11.1. The number of methoxy groups -OCH3 is 1. The SMILES string of the molecule is [2H]C([2H])([2H])NC(=O)c1cnc(NC(=O)C2CC2)cc1Nc1ccn2cnc(CC)c2c1OC. The third kappa shape index (κ3) is 3.66. The first kappa shape index (κ1) is 16.2. The Bertz CT molecular complexity index is 1220. The number of anilines is 3. The van der Waals surface area contributed by atoms with Gasteiger partial charge in [0.15, 0.2) is 5.75 Å². The molecule has 1 aliphatic rings. The summed E-state index contributed by atoms with van der Waals surface area (Å²) in [6.45, 7) is -0.686. The number of hydrogen-bond acceptors (Lipinski definition) is 6. The molecule has 0 bridgehead atoms. The van der Waals surface area contributed by atoms with Crippen molar-refractivity contribution < 1.29 is 18.4 Å². The maximum absolute atomic E-state index is 12.7. The number of aromatic nitrogens is 3. The Hall–Kier alpha value is -3.62. The van der Waals surface area contributed by atoms with Crippen molar-refractivity contribution in [3.05, 3.63) is 42.1 Å². The Morgan fingerprint density at radius 1 is 1.33 bits per heavy atom. The number of fused-ring (bicyclic) bond motifs is 1. The Morgan fingerprint density at radius 3 is 2.87 bits per heavy atom. The van der Waals surface area contributed by atoms with Crippen molar-refractivity contribution in [2.75, 3.05) is 24.7 Å². The minimum atomic E-state index is -2.67. The Labute approximate surface area is 178 Å². The maximum Gasteiger partial charge on any atom is 0.254 e. The van der Waals surface area contributed by atoms with Gasteiger partial charge in [-0.15, -0.1) is 0 Å². The third-order valence-corrected chi connectivity index (χ3v) is 5.00. The van der Waals surface area contributed by atoms with Gasteiger partial charge in [0.05, 0.1) is 36.1 Å². The highest BCUT2D eigenvalue weighted by molar-refractivity contribution is 6.01. The molecule has 0 radical (unpaired) electrons. The number of carbonyl (C=O) groups is 2. The molecule has 3 aromatic rings. The number of hydrogen-bond donors (Lipinski definition) is 3. The maximum atomic E-state index is 12.7. The highest BCUT2D eigenvalue weighted by atomic mass is 16.5. The van der Waals surface area contributed by atoms with Gasteiger partial charge in [0.2, 0.25) is 5.91 Å². The van der Waals surface area contributed by atoms with Crippen LogP contribution in [0.5, 0.6) is 5.75 Å². The fourth-order valence-electron chi connectivity index (χ4n) is 3.28. The van der Waals surface area contributed by atoms with Crippen LogP contribution in [0.3, 0.4) is 0 Å². The second kappa shape index (κ2) is 8.02. The van der Waals surface area contributed by atoms with Crippen LogP contribution >= 0.6 is 0 Å². The highest BCUT2D eigenvalue weighted by Gasteiger charge is 2.30. The lowest BCUT2D eigenvalue weighted by Gasteiger charge is -2.16. The number of nitrogens with zero attached hydrogens (tertiary/aromatic N) is 3. The van der Waals surface area contributed by atoms with Gasteiger partial charge >= 0.3 is 0 Å². The van der Waals surface area contributed by atoms with Crippen molar-refractivity contribution in [3.8, 4) is 5.75 Å². The molecular weight excluding hydrogens is 384 g/mol. The summed E-state index contributed by atoms with van der Waals surface area (Å²) in [6, 6.07) is 3.25. The Morgan fingerprint density at radius 2 is 2.17 bits per heavy atom. The molecule has 9 heteroatoms. The number of imidazole rings is 1. The van der Waals surface area contributed by atoms with E-state index in [9.17, 15) is 9.59 Å². The zero-order chi connectivity index (χ0) is 23.8. The van der Waals surface area contributed by atoms with E-state index in [1.807, 2.05) is 16.6 Å². The lowest BCUT2D eigenvalue weighted by atomic mass is 10.2. The van der Waals surface area contributed by atoms with Crippen molar-refractivity contribution in [2.24, 2.45) is 5.92 Å². The minimum Gasteiger partial charge on any atom is -0.492 e. The summed E-state index contributed by atoms with van der Waals surface area (Å²) in [6.07, 6.45) is 7.07. The van der Waals surface area contributed by atoms with E-state index in [4.69, 9.17) is 8.85 Å². The number of carbonyl (C=O) groups excluding carboxylic acids is 2. The molecule has 1 saturated carbocycles. The highest BCUT2D eigenvalue weighted by Crippen LogP contribution is 2.35. The predicted octanol–water partition coefficient (Wildman–Crippen LogP) is 2.75. The predicted molar refractivity (Wildman–Crippen MR) is 113 cm³/mol. The number of amides is 2. The van der Waals surface area contributed by atoms with Crippen LogP contribution in [0.25, 0.3) is 5.52 Å². The molecule has 1 fully saturated rings. The topological polar surface area (TPSA) is 110 Å². The molecule has 156 valence electrons. The molecule has 4 rings (SSSR count). The van der Waals surface area contributed by atoms with Gasteiger partial charge in [-0.1, -0.05) is 6.92 Å². The zero-order valence-electron chi connectivity index (χ0n) is 19.7. The summed E-state index contributed by atoms with van der Waals surface area (Å²) in [5, 5.41) is 7.86. The summed E-state index contributed by atoms with van der Waals surface area (Å²) < 4.78 is 29.5. The summed E-state index contributed by atoms with van der Waals surface area (Å²) in [7, 11) is 1.53. The van der Waals surface area contributed by atoms with Crippen LogP contribution in [0.15, 0.2) is 30.9 Å². The van der Waals surface area contributed by atoms with Gasteiger partial charge in [-0.2, -0.15) is 0 Å². The fourth-order valence-corrected chi connectivity index (χ4v) is 3.28. The molecule has 3 heterocycles. The molecule has 9 nitrogen and oxygen atoms in total. The monoisotopic (exact) mass is 411 g/mol. The van der Waals surface area contributed by atoms with Crippen LogP contribution in [-0.2, 0) is 11.2 Å². The van der Waals surface area contributed by atoms with Crippen LogP contribution in [0, 0.1) is 5.92 Å². The van der Waals surface area contributed by atoms with E-state index in [1.54, 1.807) is 18.6 Å². The van der Waals surface area contributed by atoms with Crippen molar-refractivity contribution in [1.29, 1.82) is 0 Å². The summed E-state index contributed by atoms with van der Waals surface area (Å²) >= 11 is 0. The Balaban J connectivity index is 1.75. The standard InChI is InChI=1S/C21H24N6O3/c1-4-14-18-19(30-3)15(7-8-27(18)11-24-14)25-16-9-17(26-20(28)12-5-6-12)23-10-13(16)21(29)22-2/h7-12H,4-6H2,1-3H3,(H,22,29)(H2,23,25,26,28)/i2D3. The number of aryl methyl sites for hydroxylation is 1. The van der Waals surface area contributed by atoms with E-state index in [0.717, 1.165) is 24.1 Å². The fraction of sp³-hybridized carbons (Fsp3) is 0.333. The van der Waals surface area contributed by atoms with Crippen molar-refractivity contribution in [2.45, 2.75) is 26.2 Å². The first-order valence-corrected chi connectivity index (χ1v) is 9.63. The molecule has 3 N–H and O–H groups in total. The summed E-state index contributed by atoms with van der Waals surface area (Å²) in [4.78, 5) is 33.4. The average molecular weight is 411 g/mol. The lowest BCUT2D eigenvalue weighted by molar-refractivity contribution is -0.117.